The van der Waals surface area contributed by atoms with Crippen molar-refractivity contribution in [1.82, 2.24) is 9.88 Å². The first-order chi connectivity index (χ1) is 17.0. The highest BCUT2D eigenvalue weighted by Crippen LogP contribution is 2.18. The zero-order valence-corrected chi connectivity index (χ0v) is 20.6. The van der Waals surface area contributed by atoms with Crippen LogP contribution in [0.1, 0.15) is 11.1 Å². The predicted molar refractivity (Wildman–Crippen MR) is 135 cm³/mol. The summed E-state index contributed by atoms with van der Waals surface area (Å²) in [6, 6.07) is 21.2. The van der Waals surface area contributed by atoms with Crippen LogP contribution in [0, 0.1) is 0 Å². The molecule has 0 N–H and O–H groups in total. The van der Waals surface area contributed by atoms with Crippen molar-refractivity contribution < 1.29 is 23.7 Å². The van der Waals surface area contributed by atoms with E-state index >= 15 is 0 Å². The first-order valence-corrected chi connectivity index (χ1v) is 11.5. The molecule has 0 bridgehead atoms. The summed E-state index contributed by atoms with van der Waals surface area (Å²) in [7, 11) is 5.62. The highest BCUT2D eigenvalue weighted by molar-refractivity contribution is 5.67. The quantitative estimate of drug-likeness (QED) is 0.337. The fourth-order valence-electron chi connectivity index (χ4n) is 3.28. The second kappa shape index (κ2) is 13.8. The average Bonchev–Trinajstić information content (AvgIpc) is 2.89. The van der Waals surface area contributed by atoms with Gasteiger partial charge in [-0.2, -0.15) is 0 Å². The lowest BCUT2D eigenvalue weighted by Gasteiger charge is -2.23. The zero-order valence-electron chi connectivity index (χ0n) is 20.6. The van der Waals surface area contributed by atoms with Gasteiger partial charge in [0.1, 0.15) is 19.0 Å². The van der Waals surface area contributed by atoms with Crippen LogP contribution in [0.4, 0.5) is 10.5 Å². The molecule has 0 spiro atoms. The summed E-state index contributed by atoms with van der Waals surface area (Å²) >= 11 is 0. The van der Waals surface area contributed by atoms with E-state index in [9.17, 15) is 4.79 Å². The second-order valence-electron chi connectivity index (χ2n) is 8.01. The molecule has 0 aliphatic heterocycles. The molecule has 0 aliphatic rings. The summed E-state index contributed by atoms with van der Waals surface area (Å²) in [5.74, 6) is 1.32. The van der Waals surface area contributed by atoms with Crippen LogP contribution in [-0.4, -0.2) is 63.6 Å². The number of carbonyl (C=O) groups excluding carboxylic acids is 1. The summed E-state index contributed by atoms with van der Waals surface area (Å²) in [6.45, 7) is 2.03. The zero-order chi connectivity index (χ0) is 24.9. The number of hydrogen-bond donors (Lipinski definition) is 0. The van der Waals surface area contributed by atoms with Crippen LogP contribution in [0.25, 0.3) is 0 Å². The van der Waals surface area contributed by atoms with Crippen LogP contribution in [0.2, 0.25) is 0 Å². The Morgan fingerprint density at radius 1 is 0.829 bits per heavy atom. The van der Waals surface area contributed by atoms with E-state index in [1.165, 1.54) is 0 Å². The number of carbonyl (C=O) groups is 1. The van der Waals surface area contributed by atoms with E-state index in [2.05, 4.69) is 4.98 Å². The Hall–Kier alpha value is -3.78. The third-order valence-corrected chi connectivity index (χ3v) is 5.19. The van der Waals surface area contributed by atoms with Gasteiger partial charge in [-0.1, -0.05) is 30.3 Å². The van der Waals surface area contributed by atoms with Gasteiger partial charge in [-0.25, -0.2) is 9.78 Å². The number of amides is 1. The number of nitrogens with zero attached hydrogens (tertiary/aromatic N) is 3. The Morgan fingerprint density at radius 2 is 1.49 bits per heavy atom. The number of benzene rings is 2. The fourth-order valence-corrected chi connectivity index (χ4v) is 3.28. The molecule has 3 aromatic rings. The molecule has 0 atom stereocenters. The summed E-state index contributed by atoms with van der Waals surface area (Å²) in [5, 5.41) is 0. The number of pyridine rings is 1. The molecule has 0 aliphatic carbocycles. The van der Waals surface area contributed by atoms with Gasteiger partial charge in [0.15, 0.2) is 0 Å². The van der Waals surface area contributed by atoms with E-state index in [1.54, 1.807) is 24.3 Å². The smallest absolute Gasteiger partial charge is 0.410 e. The lowest BCUT2D eigenvalue weighted by atomic mass is 10.1. The van der Waals surface area contributed by atoms with Gasteiger partial charge >= 0.3 is 6.09 Å². The summed E-state index contributed by atoms with van der Waals surface area (Å²) in [4.78, 5) is 20.7. The first-order valence-electron chi connectivity index (χ1n) is 11.5. The van der Waals surface area contributed by atoms with Crippen LogP contribution < -0.4 is 14.4 Å². The molecule has 0 saturated carbocycles. The van der Waals surface area contributed by atoms with Crippen LogP contribution in [-0.2, 0) is 22.6 Å². The average molecular weight is 480 g/mol. The Labute approximate surface area is 207 Å². The third kappa shape index (κ3) is 8.83. The lowest BCUT2D eigenvalue weighted by molar-refractivity contribution is 0.0422. The molecule has 186 valence electrons. The van der Waals surface area contributed by atoms with Gasteiger partial charge in [0.25, 0.3) is 0 Å². The number of rotatable bonds is 13. The highest BCUT2D eigenvalue weighted by Gasteiger charge is 2.16. The van der Waals surface area contributed by atoms with Crippen molar-refractivity contribution in [2.45, 2.75) is 13.1 Å². The van der Waals surface area contributed by atoms with Gasteiger partial charge in [-0.05, 0) is 41.5 Å². The van der Waals surface area contributed by atoms with Crippen LogP contribution >= 0.6 is 0 Å². The number of hydrogen-bond acceptors (Lipinski definition) is 7. The van der Waals surface area contributed by atoms with Gasteiger partial charge in [-0.15, -0.1) is 0 Å². The van der Waals surface area contributed by atoms with Crippen molar-refractivity contribution in [3.05, 3.63) is 84.1 Å². The second-order valence-corrected chi connectivity index (χ2v) is 8.01. The van der Waals surface area contributed by atoms with Crippen molar-refractivity contribution in [3.8, 4) is 11.6 Å². The Kier molecular flexibility index (Phi) is 10.2. The van der Waals surface area contributed by atoms with Crippen molar-refractivity contribution >= 4 is 11.8 Å². The molecule has 8 heteroatoms. The van der Waals surface area contributed by atoms with Gasteiger partial charge in [0, 0.05) is 45.1 Å². The molecule has 0 fully saturated rings. The minimum absolute atomic E-state index is 0.154. The SMILES string of the molecule is COc1ccc(CN(Cc2ccc(N(C)C)cc2)C(=O)OCCOCCOc2ccccn2)cc1. The Balaban J connectivity index is 1.50. The minimum Gasteiger partial charge on any atom is -0.497 e. The van der Waals surface area contributed by atoms with E-state index in [0.29, 0.717) is 32.2 Å². The van der Waals surface area contributed by atoms with Crippen molar-refractivity contribution in [3.63, 3.8) is 0 Å². The van der Waals surface area contributed by atoms with Gasteiger partial charge < -0.3 is 23.8 Å². The molecule has 8 nitrogen and oxygen atoms in total. The molecule has 0 radical (unpaired) electrons. The molecule has 1 amide bonds. The van der Waals surface area contributed by atoms with E-state index in [1.807, 2.05) is 79.7 Å². The monoisotopic (exact) mass is 479 g/mol. The van der Waals surface area contributed by atoms with Crippen LogP contribution in [0.3, 0.4) is 0 Å². The molecular formula is C27H33N3O5. The molecule has 3 rings (SSSR count). The minimum atomic E-state index is -0.397. The van der Waals surface area contributed by atoms with Gasteiger partial charge in [0.2, 0.25) is 5.88 Å². The van der Waals surface area contributed by atoms with E-state index < -0.39 is 6.09 Å². The Bertz CT molecular complexity index is 1010. The maximum atomic E-state index is 12.9. The Morgan fingerprint density at radius 3 is 2.09 bits per heavy atom. The molecule has 35 heavy (non-hydrogen) atoms. The number of aromatic nitrogens is 1. The molecule has 2 aromatic carbocycles. The maximum absolute atomic E-state index is 12.9. The topological polar surface area (TPSA) is 73.4 Å². The third-order valence-electron chi connectivity index (χ3n) is 5.19. The van der Waals surface area contributed by atoms with E-state index in [4.69, 9.17) is 18.9 Å². The number of ether oxygens (including phenoxy) is 4. The molecule has 0 unspecified atom stereocenters. The summed E-state index contributed by atoms with van der Waals surface area (Å²) in [5.41, 5.74) is 3.10. The summed E-state index contributed by atoms with van der Waals surface area (Å²) < 4.78 is 21.7. The van der Waals surface area contributed by atoms with Crippen LogP contribution in [0.5, 0.6) is 11.6 Å². The molecule has 1 aromatic heterocycles. The van der Waals surface area contributed by atoms with Gasteiger partial charge in [0.05, 0.1) is 20.3 Å². The van der Waals surface area contributed by atoms with E-state index in [0.717, 1.165) is 22.6 Å². The van der Waals surface area contributed by atoms with Crippen molar-refractivity contribution in [2.24, 2.45) is 0 Å². The molecule has 1 heterocycles. The highest BCUT2D eigenvalue weighted by atomic mass is 16.6. The van der Waals surface area contributed by atoms with E-state index in [-0.39, 0.29) is 13.2 Å². The predicted octanol–water partition coefficient (Wildman–Crippen LogP) is 4.39. The lowest BCUT2D eigenvalue weighted by Crippen LogP contribution is -2.31. The van der Waals surface area contributed by atoms with Gasteiger partial charge in [-0.3, -0.25) is 4.90 Å². The van der Waals surface area contributed by atoms with Crippen molar-refractivity contribution in [1.29, 1.82) is 0 Å². The fraction of sp³-hybridized carbons (Fsp3) is 0.333. The van der Waals surface area contributed by atoms with Crippen LogP contribution in [0.15, 0.2) is 72.9 Å². The molecule has 0 saturated heterocycles. The first kappa shape index (κ1) is 25.8. The van der Waals surface area contributed by atoms with Crippen molar-refractivity contribution in [2.75, 3.05) is 52.5 Å². The molecular weight excluding hydrogens is 446 g/mol. The number of anilines is 1. The number of methoxy groups -OCH3 is 1. The largest absolute Gasteiger partial charge is 0.497 e. The standard InChI is InChI=1S/C27H33N3O5/c1-29(2)24-11-7-22(8-12-24)20-30(21-23-9-13-25(32-3)14-10-23)27(31)35-19-17-33-16-18-34-26-6-4-5-15-28-26/h4-15H,16-21H2,1-3H3. The maximum Gasteiger partial charge on any atom is 0.410 e. The summed E-state index contributed by atoms with van der Waals surface area (Å²) in [6.07, 6.45) is 1.27. The normalized spacial score (nSPS) is 10.5.